The summed E-state index contributed by atoms with van der Waals surface area (Å²) < 4.78 is 0. The number of hydrogen-bond acceptors (Lipinski definition) is 4. The standard InChI is InChI=1S/C46H58Cl2N4O4/c1-29(2)41(43(55)51-22-20-37(45(5,6)27-51)33-12-16-35(47)17-13-33)49-39(53)25-31-10-9-11-32(24-31)26-40(54)50-42(30(3)4)44(56)52-23-21-38(46(7,8)28-52)34-14-18-36(48)19-15-34/h9-19,24,30,37-38,41-42H,1,20-23,25-28H2,2-8H3,(H,49,53)(H,50,54)/t37?,38?,41-,42-/m1/s1. The van der Waals surface area contributed by atoms with Crippen LogP contribution in [0.5, 0.6) is 0 Å². The van der Waals surface area contributed by atoms with Crippen molar-refractivity contribution in [3.05, 3.63) is 117 Å². The maximum atomic E-state index is 13.9. The number of carbonyl (C=O) groups excluding carboxylic acids is 4. The van der Waals surface area contributed by atoms with E-state index in [2.05, 4.69) is 69.2 Å². The van der Waals surface area contributed by atoms with E-state index in [0.717, 1.165) is 18.4 Å². The molecule has 2 aliphatic heterocycles. The van der Waals surface area contributed by atoms with E-state index >= 15 is 0 Å². The summed E-state index contributed by atoms with van der Waals surface area (Å²) >= 11 is 12.3. The normalized spacial score (nSPS) is 20.2. The zero-order valence-electron chi connectivity index (χ0n) is 34.0. The molecule has 0 aromatic heterocycles. The first-order valence-electron chi connectivity index (χ1n) is 19.7. The molecule has 3 aromatic carbocycles. The fourth-order valence-corrected chi connectivity index (χ4v) is 8.91. The Morgan fingerprint density at radius 1 is 0.714 bits per heavy atom. The second-order valence-electron chi connectivity index (χ2n) is 17.6. The minimum Gasteiger partial charge on any atom is -0.344 e. The largest absolute Gasteiger partial charge is 0.344 e. The molecule has 3 aromatic rings. The van der Waals surface area contributed by atoms with Crippen LogP contribution in [0.15, 0.2) is 84.9 Å². The van der Waals surface area contributed by atoms with Crippen LogP contribution in [0, 0.1) is 16.7 Å². The van der Waals surface area contributed by atoms with E-state index < -0.39 is 12.1 Å². The lowest BCUT2D eigenvalue weighted by Gasteiger charge is -2.45. The van der Waals surface area contributed by atoms with E-state index in [-0.39, 0.29) is 65.1 Å². The Morgan fingerprint density at radius 2 is 1.14 bits per heavy atom. The van der Waals surface area contributed by atoms with Crippen LogP contribution >= 0.6 is 23.2 Å². The van der Waals surface area contributed by atoms with Crippen LogP contribution in [-0.2, 0) is 32.0 Å². The molecule has 4 amide bonds. The van der Waals surface area contributed by atoms with Crippen molar-refractivity contribution in [2.45, 2.75) is 98.1 Å². The first-order chi connectivity index (χ1) is 26.3. The van der Waals surface area contributed by atoms with Gasteiger partial charge in [0.1, 0.15) is 12.1 Å². The zero-order valence-corrected chi connectivity index (χ0v) is 35.5. The molecule has 4 atom stereocenters. The summed E-state index contributed by atoms with van der Waals surface area (Å²) in [4.78, 5) is 58.3. The summed E-state index contributed by atoms with van der Waals surface area (Å²) in [6, 6.07) is 21.7. The molecule has 56 heavy (non-hydrogen) atoms. The van der Waals surface area contributed by atoms with Crippen LogP contribution in [0.3, 0.4) is 0 Å². The van der Waals surface area contributed by atoms with Crippen molar-refractivity contribution in [2.24, 2.45) is 16.7 Å². The van der Waals surface area contributed by atoms with Gasteiger partial charge in [0.2, 0.25) is 23.6 Å². The molecule has 0 aliphatic carbocycles. The topological polar surface area (TPSA) is 98.8 Å². The number of likely N-dealkylation sites (tertiary alicyclic amines) is 2. The summed E-state index contributed by atoms with van der Waals surface area (Å²) in [6.07, 6.45) is 1.71. The number of rotatable bonds is 12. The van der Waals surface area contributed by atoms with E-state index in [0.29, 0.717) is 47.4 Å². The number of benzene rings is 3. The van der Waals surface area contributed by atoms with Gasteiger partial charge in [0.15, 0.2) is 0 Å². The van der Waals surface area contributed by atoms with Crippen molar-refractivity contribution in [3.8, 4) is 0 Å². The van der Waals surface area contributed by atoms with Gasteiger partial charge in [-0.05, 0) is 100 Å². The summed E-state index contributed by atoms with van der Waals surface area (Å²) in [7, 11) is 0. The monoisotopic (exact) mass is 800 g/mol. The molecule has 2 aliphatic rings. The van der Waals surface area contributed by atoms with Gasteiger partial charge in [-0.3, -0.25) is 19.2 Å². The van der Waals surface area contributed by atoms with Gasteiger partial charge in [0.25, 0.3) is 0 Å². The summed E-state index contributed by atoms with van der Waals surface area (Å²) in [6.45, 7) is 20.7. The first kappa shape index (κ1) is 43.0. The second-order valence-corrected chi connectivity index (χ2v) is 18.5. The molecule has 2 unspecified atom stereocenters. The van der Waals surface area contributed by atoms with Crippen LogP contribution in [0.4, 0.5) is 0 Å². The van der Waals surface area contributed by atoms with Gasteiger partial charge >= 0.3 is 0 Å². The molecule has 2 saturated heterocycles. The number of halogens is 2. The van der Waals surface area contributed by atoms with Crippen LogP contribution in [-0.4, -0.2) is 71.7 Å². The van der Waals surface area contributed by atoms with Gasteiger partial charge in [-0.15, -0.1) is 0 Å². The fraction of sp³-hybridized carbons (Fsp3) is 0.478. The summed E-state index contributed by atoms with van der Waals surface area (Å²) in [5, 5.41) is 7.35. The molecule has 2 heterocycles. The molecule has 300 valence electrons. The van der Waals surface area contributed by atoms with Gasteiger partial charge in [-0.1, -0.05) is 120 Å². The lowest BCUT2D eigenvalue weighted by molar-refractivity contribution is -0.140. The molecule has 8 nitrogen and oxygen atoms in total. The molecular formula is C46H58Cl2N4O4. The van der Waals surface area contributed by atoms with Crippen molar-refractivity contribution in [1.29, 1.82) is 0 Å². The van der Waals surface area contributed by atoms with E-state index in [9.17, 15) is 19.2 Å². The van der Waals surface area contributed by atoms with Crippen LogP contribution in [0.2, 0.25) is 10.0 Å². The first-order valence-corrected chi connectivity index (χ1v) is 20.5. The minimum absolute atomic E-state index is 0.0333. The maximum Gasteiger partial charge on any atom is 0.249 e. The molecule has 0 saturated carbocycles. The van der Waals surface area contributed by atoms with Crippen molar-refractivity contribution >= 4 is 46.8 Å². The van der Waals surface area contributed by atoms with E-state index in [1.165, 1.54) is 11.1 Å². The second kappa shape index (κ2) is 18.0. The van der Waals surface area contributed by atoms with Gasteiger partial charge in [0, 0.05) is 36.2 Å². The SMILES string of the molecule is C=C(C)[C@@H](NC(=O)Cc1cccc(CC(=O)N[C@@H](C(=O)N2CCC(c3ccc(Cl)cc3)C(C)(C)C2)C(C)C)c1)C(=O)N1CCC(c2ccc(Cl)cc2)C(C)(C)C1. The van der Waals surface area contributed by atoms with E-state index in [1.54, 1.807) is 6.92 Å². The molecule has 10 heteroatoms. The average molecular weight is 802 g/mol. The molecule has 5 rings (SSSR count). The van der Waals surface area contributed by atoms with Crippen molar-refractivity contribution in [3.63, 3.8) is 0 Å². The van der Waals surface area contributed by atoms with Crippen molar-refractivity contribution in [2.75, 3.05) is 26.2 Å². The molecule has 0 spiro atoms. The lowest BCUT2D eigenvalue weighted by atomic mass is 9.70. The zero-order chi connectivity index (χ0) is 40.9. The Kier molecular flexibility index (Phi) is 13.8. The minimum atomic E-state index is -0.848. The third kappa shape index (κ3) is 10.6. The quantitative estimate of drug-likeness (QED) is 0.180. The van der Waals surface area contributed by atoms with E-state index in [4.69, 9.17) is 23.2 Å². The predicted molar refractivity (Wildman–Crippen MR) is 226 cm³/mol. The van der Waals surface area contributed by atoms with Gasteiger partial charge in [-0.25, -0.2) is 0 Å². The van der Waals surface area contributed by atoms with Crippen LogP contribution in [0.1, 0.15) is 95.4 Å². The molecule has 2 fully saturated rings. The van der Waals surface area contributed by atoms with Gasteiger partial charge < -0.3 is 20.4 Å². The Balaban J connectivity index is 1.16. The van der Waals surface area contributed by atoms with E-state index in [1.807, 2.05) is 72.2 Å². The predicted octanol–water partition coefficient (Wildman–Crippen LogP) is 8.36. The van der Waals surface area contributed by atoms with Crippen molar-refractivity contribution < 1.29 is 19.2 Å². The Labute approximate surface area is 343 Å². The number of nitrogens with one attached hydrogen (secondary N) is 2. The van der Waals surface area contributed by atoms with Crippen molar-refractivity contribution in [1.82, 2.24) is 20.4 Å². The van der Waals surface area contributed by atoms with Gasteiger partial charge in [0.05, 0.1) is 12.8 Å². The van der Waals surface area contributed by atoms with Crippen LogP contribution in [0.25, 0.3) is 0 Å². The molecule has 0 radical (unpaired) electrons. The Bertz CT molecular complexity index is 1910. The van der Waals surface area contributed by atoms with Crippen LogP contribution < -0.4 is 10.6 Å². The lowest BCUT2D eigenvalue weighted by Crippen LogP contribution is -2.56. The smallest absolute Gasteiger partial charge is 0.249 e. The highest BCUT2D eigenvalue weighted by atomic mass is 35.5. The number of hydrogen-bond donors (Lipinski definition) is 2. The number of nitrogens with zero attached hydrogens (tertiary/aromatic N) is 2. The highest BCUT2D eigenvalue weighted by Crippen LogP contribution is 2.44. The molecular weight excluding hydrogens is 743 g/mol. The average Bonchev–Trinajstić information content (AvgIpc) is 3.12. The molecule has 0 bridgehead atoms. The maximum absolute atomic E-state index is 13.9. The Morgan fingerprint density at radius 3 is 1.55 bits per heavy atom. The highest BCUT2D eigenvalue weighted by molar-refractivity contribution is 6.30. The Hall–Kier alpha value is -4.14. The molecule has 2 N–H and O–H groups in total. The summed E-state index contributed by atoms with van der Waals surface area (Å²) in [5.41, 5.74) is 4.08. The number of amides is 4. The summed E-state index contributed by atoms with van der Waals surface area (Å²) in [5.74, 6) is -0.358. The highest BCUT2D eigenvalue weighted by Gasteiger charge is 2.42. The number of piperidine rings is 2. The number of carbonyl (C=O) groups is 4. The fourth-order valence-electron chi connectivity index (χ4n) is 8.66. The third-order valence-corrected chi connectivity index (χ3v) is 12.1. The third-order valence-electron chi connectivity index (χ3n) is 11.6. The van der Waals surface area contributed by atoms with Gasteiger partial charge in [-0.2, -0.15) is 0 Å².